The van der Waals surface area contributed by atoms with E-state index in [4.69, 9.17) is 10.5 Å². The molecule has 0 aliphatic carbocycles. The van der Waals surface area contributed by atoms with Gasteiger partial charge >= 0.3 is 0 Å². The number of benzene rings is 2. The maximum Gasteiger partial charge on any atom is 0.257 e. The van der Waals surface area contributed by atoms with E-state index in [0.29, 0.717) is 35.7 Å². The molecule has 7 heteroatoms. The zero-order chi connectivity index (χ0) is 19.2. The standard InChI is InChI=1S/C20H19N5O2/c1-25-18(8-10-23-25)17-12-15(6-7-19(17)27-11-9-21)24-20(26)16-5-3-2-4-14(16)13-22/h2-8,10,12H,9,11,21H2,1H3,(H,24,26). The molecule has 0 spiro atoms. The summed E-state index contributed by atoms with van der Waals surface area (Å²) in [6.07, 6.45) is 1.69. The molecule has 0 saturated carbocycles. The Morgan fingerprint density at radius 2 is 2.11 bits per heavy atom. The second-order valence-corrected chi connectivity index (χ2v) is 5.80. The average Bonchev–Trinajstić information content (AvgIpc) is 3.12. The first kappa shape index (κ1) is 18.2. The number of anilines is 1. The zero-order valence-electron chi connectivity index (χ0n) is 14.8. The Bertz CT molecular complexity index is 1000. The average molecular weight is 361 g/mol. The minimum atomic E-state index is -0.348. The van der Waals surface area contributed by atoms with Gasteiger partial charge in [-0.2, -0.15) is 10.4 Å². The molecule has 3 N–H and O–H groups in total. The van der Waals surface area contributed by atoms with Crippen molar-refractivity contribution in [3.05, 3.63) is 65.9 Å². The quantitative estimate of drug-likeness (QED) is 0.702. The summed E-state index contributed by atoms with van der Waals surface area (Å²) in [6, 6.07) is 15.9. The van der Waals surface area contributed by atoms with Crippen LogP contribution in [0.5, 0.6) is 5.75 Å². The van der Waals surface area contributed by atoms with Crippen LogP contribution in [0.3, 0.4) is 0 Å². The van der Waals surface area contributed by atoms with Crippen molar-refractivity contribution in [3.63, 3.8) is 0 Å². The lowest BCUT2D eigenvalue weighted by Gasteiger charge is -2.14. The molecular weight excluding hydrogens is 342 g/mol. The number of nitrogens with zero attached hydrogens (tertiary/aromatic N) is 3. The minimum absolute atomic E-state index is 0.324. The van der Waals surface area contributed by atoms with E-state index in [1.54, 1.807) is 47.3 Å². The normalized spacial score (nSPS) is 10.3. The topological polar surface area (TPSA) is 106 Å². The summed E-state index contributed by atoms with van der Waals surface area (Å²) in [6.45, 7) is 0.778. The van der Waals surface area contributed by atoms with Gasteiger partial charge in [0.15, 0.2) is 0 Å². The largest absolute Gasteiger partial charge is 0.492 e. The van der Waals surface area contributed by atoms with Crippen LogP contribution in [0, 0.1) is 11.3 Å². The Morgan fingerprint density at radius 1 is 1.30 bits per heavy atom. The molecule has 1 aromatic heterocycles. The Kier molecular flexibility index (Phi) is 5.50. The third-order valence-electron chi connectivity index (χ3n) is 4.00. The highest BCUT2D eigenvalue weighted by Crippen LogP contribution is 2.32. The molecule has 0 bridgehead atoms. The molecule has 0 fully saturated rings. The van der Waals surface area contributed by atoms with Crippen LogP contribution in [0.25, 0.3) is 11.3 Å². The van der Waals surface area contributed by atoms with Gasteiger partial charge in [0.1, 0.15) is 12.4 Å². The summed E-state index contributed by atoms with van der Waals surface area (Å²) >= 11 is 0. The molecule has 136 valence electrons. The predicted octanol–water partition coefficient (Wildman–Crippen LogP) is 2.55. The second kappa shape index (κ2) is 8.17. The fraction of sp³-hybridized carbons (Fsp3) is 0.150. The van der Waals surface area contributed by atoms with Gasteiger partial charge in [-0.3, -0.25) is 9.48 Å². The van der Waals surface area contributed by atoms with Gasteiger partial charge in [0.25, 0.3) is 5.91 Å². The van der Waals surface area contributed by atoms with E-state index in [2.05, 4.69) is 10.4 Å². The van der Waals surface area contributed by atoms with Crippen molar-refractivity contribution in [2.45, 2.75) is 0 Å². The summed E-state index contributed by atoms with van der Waals surface area (Å²) in [4.78, 5) is 12.6. The lowest BCUT2D eigenvalue weighted by atomic mass is 10.1. The predicted molar refractivity (Wildman–Crippen MR) is 102 cm³/mol. The van der Waals surface area contributed by atoms with Crippen LogP contribution in [0.2, 0.25) is 0 Å². The number of hydrogen-bond acceptors (Lipinski definition) is 5. The molecule has 3 aromatic rings. The molecule has 0 saturated heterocycles. The van der Waals surface area contributed by atoms with Gasteiger partial charge < -0.3 is 15.8 Å². The summed E-state index contributed by atoms with van der Waals surface area (Å²) in [5.41, 5.74) is 8.40. The van der Waals surface area contributed by atoms with Crippen molar-refractivity contribution < 1.29 is 9.53 Å². The number of nitriles is 1. The highest BCUT2D eigenvalue weighted by Gasteiger charge is 2.14. The Balaban J connectivity index is 1.94. The maximum atomic E-state index is 12.6. The summed E-state index contributed by atoms with van der Waals surface area (Å²) in [5, 5.41) is 16.2. The summed E-state index contributed by atoms with van der Waals surface area (Å²) < 4.78 is 7.45. The number of aromatic nitrogens is 2. The van der Waals surface area contributed by atoms with Gasteiger partial charge in [0, 0.05) is 31.0 Å². The van der Waals surface area contributed by atoms with Gasteiger partial charge in [0.05, 0.1) is 22.9 Å². The maximum absolute atomic E-state index is 12.6. The first-order chi connectivity index (χ1) is 13.1. The number of amides is 1. The van der Waals surface area contributed by atoms with Gasteiger partial charge in [-0.15, -0.1) is 0 Å². The first-order valence-electron chi connectivity index (χ1n) is 8.40. The molecule has 0 aliphatic heterocycles. The number of nitrogens with one attached hydrogen (secondary N) is 1. The molecule has 3 rings (SSSR count). The number of carbonyl (C=O) groups excluding carboxylic acids is 1. The van der Waals surface area contributed by atoms with Crippen LogP contribution in [0.1, 0.15) is 15.9 Å². The minimum Gasteiger partial charge on any atom is -0.492 e. The Hall–Kier alpha value is -3.63. The number of carbonyl (C=O) groups is 1. The van der Waals surface area contributed by atoms with E-state index in [-0.39, 0.29) is 5.91 Å². The van der Waals surface area contributed by atoms with Crippen LogP contribution in [-0.4, -0.2) is 28.8 Å². The van der Waals surface area contributed by atoms with Gasteiger partial charge in [-0.25, -0.2) is 0 Å². The molecule has 1 heterocycles. The van der Waals surface area contributed by atoms with Crippen LogP contribution in [0.4, 0.5) is 5.69 Å². The molecular formula is C20H19N5O2. The van der Waals surface area contributed by atoms with Gasteiger partial charge in [-0.05, 0) is 36.4 Å². The third kappa shape index (κ3) is 3.97. The van der Waals surface area contributed by atoms with Crippen molar-refractivity contribution in [1.82, 2.24) is 9.78 Å². The smallest absolute Gasteiger partial charge is 0.257 e. The highest BCUT2D eigenvalue weighted by molar-refractivity contribution is 6.06. The first-order valence-corrected chi connectivity index (χ1v) is 8.40. The fourth-order valence-corrected chi connectivity index (χ4v) is 2.72. The SMILES string of the molecule is Cn1nccc1-c1cc(NC(=O)c2ccccc2C#N)ccc1OCCN. The summed E-state index contributed by atoms with van der Waals surface area (Å²) in [5.74, 6) is 0.304. The van der Waals surface area contributed by atoms with E-state index in [1.807, 2.05) is 25.2 Å². The van der Waals surface area contributed by atoms with Crippen molar-refractivity contribution in [2.24, 2.45) is 12.8 Å². The second-order valence-electron chi connectivity index (χ2n) is 5.80. The van der Waals surface area contributed by atoms with Crippen LogP contribution >= 0.6 is 0 Å². The van der Waals surface area contributed by atoms with Crippen molar-refractivity contribution in [2.75, 3.05) is 18.5 Å². The lowest BCUT2D eigenvalue weighted by molar-refractivity contribution is 0.102. The molecule has 0 atom stereocenters. The third-order valence-corrected chi connectivity index (χ3v) is 4.00. The van der Waals surface area contributed by atoms with Crippen molar-refractivity contribution in [1.29, 1.82) is 5.26 Å². The number of ether oxygens (including phenoxy) is 1. The molecule has 2 aromatic carbocycles. The van der Waals surface area contributed by atoms with Crippen molar-refractivity contribution >= 4 is 11.6 Å². The van der Waals surface area contributed by atoms with Crippen LogP contribution in [0.15, 0.2) is 54.7 Å². The number of aryl methyl sites for hydroxylation is 1. The van der Waals surface area contributed by atoms with Crippen LogP contribution in [-0.2, 0) is 7.05 Å². The Morgan fingerprint density at radius 3 is 2.81 bits per heavy atom. The Labute approximate surface area is 157 Å². The molecule has 0 aliphatic rings. The van der Waals surface area contributed by atoms with E-state index >= 15 is 0 Å². The monoisotopic (exact) mass is 361 g/mol. The highest BCUT2D eigenvalue weighted by atomic mass is 16.5. The van der Waals surface area contributed by atoms with Crippen molar-refractivity contribution in [3.8, 4) is 23.1 Å². The van der Waals surface area contributed by atoms with Crippen LogP contribution < -0.4 is 15.8 Å². The van der Waals surface area contributed by atoms with E-state index in [9.17, 15) is 10.1 Å². The lowest BCUT2D eigenvalue weighted by Crippen LogP contribution is -2.14. The molecule has 0 unspecified atom stereocenters. The molecule has 1 amide bonds. The summed E-state index contributed by atoms with van der Waals surface area (Å²) in [7, 11) is 1.83. The number of nitrogens with two attached hydrogens (primary N) is 1. The van der Waals surface area contributed by atoms with Gasteiger partial charge in [0.2, 0.25) is 0 Å². The number of rotatable bonds is 6. The fourth-order valence-electron chi connectivity index (χ4n) is 2.72. The zero-order valence-corrected chi connectivity index (χ0v) is 14.8. The molecule has 0 radical (unpaired) electrons. The number of hydrogen-bond donors (Lipinski definition) is 2. The molecule has 7 nitrogen and oxygen atoms in total. The van der Waals surface area contributed by atoms with E-state index in [0.717, 1.165) is 11.3 Å². The van der Waals surface area contributed by atoms with E-state index < -0.39 is 0 Å². The molecule has 27 heavy (non-hydrogen) atoms. The van der Waals surface area contributed by atoms with Gasteiger partial charge in [-0.1, -0.05) is 12.1 Å². The van der Waals surface area contributed by atoms with E-state index in [1.165, 1.54) is 0 Å².